The number of halogens is 2. The van der Waals surface area contributed by atoms with Crippen molar-refractivity contribution in [1.29, 1.82) is 0 Å². The molecule has 200 valence electrons. The maximum Gasteiger partial charge on any atom is 0.410 e. The largest absolute Gasteiger partial charge is 0.486 e. The molecule has 0 N–H and O–H groups in total. The molecule has 1 saturated heterocycles. The summed E-state index contributed by atoms with van der Waals surface area (Å²) in [6, 6.07) is 11.0. The molecule has 1 saturated carbocycles. The first kappa shape index (κ1) is 27.0. The van der Waals surface area contributed by atoms with Crippen molar-refractivity contribution in [2.24, 2.45) is 0 Å². The molecule has 2 aromatic carbocycles. The van der Waals surface area contributed by atoms with Crippen LogP contribution < -0.4 is 4.74 Å². The summed E-state index contributed by atoms with van der Waals surface area (Å²) < 4.78 is 46.2. The number of rotatable bonds is 7. The predicted molar refractivity (Wildman–Crippen MR) is 134 cm³/mol. The number of ether oxygens (including phenoxy) is 3. The van der Waals surface area contributed by atoms with Gasteiger partial charge in [-0.15, -0.1) is 0 Å². The lowest BCUT2D eigenvalue weighted by atomic mass is 9.82. The van der Waals surface area contributed by atoms with Crippen molar-refractivity contribution in [2.75, 3.05) is 13.2 Å². The van der Waals surface area contributed by atoms with Crippen LogP contribution in [0.2, 0.25) is 0 Å². The van der Waals surface area contributed by atoms with Gasteiger partial charge in [0.25, 0.3) is 0 Å². The van der Waals surface area contributed by atoms with Gasteiger partial charge in [-0.3, -0.25) is 9.69 Å². The van der Waals surface area contributed by atoms with Crippen LogP contribution in [0.1, 0.15) is 69.9 Å². The number of hydrogen-bond donors (Lipinski definition) is 0. The van der Waals surface area contributed by atoms with Crippen LogP contribution in [0, 0.1) is 11.6 Å². The Kier molecular flexibility index (Phi) is 8.47. The molecule has 1 amide bonds. The molecular weight excluding hydrogens is 480 g/mol. The summed E-state index contributed by atoms with van der Waals surface area (Å²) >= 11 is 0. The Morgan fingerprint density at radius 3 is 2.43 bits per heavy atom. The smallest absolute Gasteiger partial charge is 0.410 e. The van der Waals surface area contributed by atoms with Crippen molar-refractivity contribution in [3.8, 4) is 5.75 Å². The number of likely N-dealkylation sites (tertiary alicyclic amines) is 1. The van der Waals surface area contributed by atoms with E-state index in [1.165, 1.54) is 11.0 Å². The van der Waals surface area contributed by atoms with Crippen molar-refractivity contribution in [2.45, 2.75) is 83.1 Å². The zero-order valence-electron chi connectivity index (χ0n) is 21.7. The van der Waals surface area contributed by atoms with E-state index in [1.807, 2.05) is 30.3 Å². The monoisotopic (exact) mass is 515 g/mol. The van der Waals surface area contributed by atoms with Gasteiger partial charge < -0.3 is 14.2 Å². The van der Waals surface area contributed by atoms with Crippen LogP contribution in [0.5, 0.6) is 5.75 Å². The predicted octanol–water partition coefficient (Wildman–Crippen LogP) is 6.17. The summed E-state index contributed by atoms with van der Waals surface area (Å²) in [5, 5.41) is 0. The molecule has 2 aromatic rings. The number of Topliss-reactive ketones (excluding diaryl/α,β-unsaturated/α-hetero) is 1. The molecule has 0 bridgehead atoms. The fourth-order valence-electron chi connectivity index (χ4n) is 4.98. The molecule has 1 aliphatic carbocycles. The number of benzene rings is 2. The maximum atomic E-state index is 14.7. The Labute approximate surface area is 216 Å². The minimum Gasteiger partial charge on any atom is -0.486 e. The van der Waals surface area contributed by atoms with E-state index in [-0.39, 0.29) is 43.2 Å². The van der Waals surface area contributed by atoms with Crippen LogP contribution in [0.15, 0.2) is 42.5 Å². The lowest BCUT2D eigenvalue weighted by molar-refractivity contribution is -0.122. The molecule has 2 fully saturated rings. The SMILES string of the molecule is CC(C)(C)OC(=O)N1CCC(=O)C1CO[C@H]1CC[C@@H](c2cc(F)cc(F)c2OCc2ccccc2)CC1. The molecule has 0 spiro atoms. The van der Waals surface area contributed by atoms with E-state index >= 15 is 0 Å². The third-order valence-electron chi connectivity index (χ3n) is 6.84. The highest BCUT2D eigenvalue weighted by molar-refractivity contribution is 5.90. The lowest BCUT2D eigenvalue weighted by Crippen LogP contribution is -2.44. The van der Waals surface area contributed by atoms with Gasteiger partial charge in [0, 0.05) is 24.6 Å². The number of carbonyl (C=O) groups excluding carboxylic acids is 2. The Morgan fingerprint density at radius 1 is 1.05 bits per heavy atom. The van der Waals surface area contributed by atoms with Gasteiger partial charge in [0.2, 0.25) is 0 Å². The van der Waals surface area contributed by atoms with Crippen LogP contribution >= 0.6 is 0 Å². The molecule has 1 atom stereocenters. The van der Waals surface area contributed by atoms with Gasteiger partial charge in [0.15, 0.2) is 17.3 Å². The third kappa shape index (κ3) is 7.06. The van der Waals surface area contributed by atoms with Gasteiger partial charge in [-0.1, -0.05) is 30.3 Å². The molecule has 2 aliphatic rings. The van der Waals surface area contributed by atoms with Crippen LogP contribution in [0.25, 0.3) is 0 Å². The summed E-state index contributed by atoms with van der Waals surface area (Å²) in [4.78, 5) is 26.4. The molecule has 1 aliphatic heterocycles. The zero-order chi connectivity index (χ0) is 26.6. The molecule has 37 heavy (non-hydrogen) atoms. The highest BCUT2D eigenvalue weighted by atomic mass is 19.1. The van der Waals surface area contributed by atoms with Crippen LogP contribution in [0.4, 0.5) is 13.6 Å². The summed E-state index contributed by atoms with van der Waals surface area (Å²) in [6.07, 6.45) is 2.37. The Hall–Kier alpha value is -3.00. The van der Waals surface area contributed by atoms with Crippen LogP contribution in [-0.2, 0) is 20.9 Å². The van der Waals surface area contributed by atoms with E-state index in [2.05, 4.69) is 0 Å². The topological polar surface area (TPSA) is 65.1 Å². The Balaban J connectivity index is 1.34. The minimum atomic E-state index is -0.703. The second kappa shape index (κ2) is 11.6. The van der Waals surface area contributed by atoms with E-state index in [0.717, 1.165) is 11.6 Å². The first-order chi connectivity index (χ1) is 17.6. The number of nitrogens with zero attached hydrogens (tertiary/aromatic N) is 1. The van der Waals surface area contributed by atoms with Crippen LogP contribution in [-0.4, -0.2) is 47.7 Å². The number of carbonyl (C=O) groups is 2. The summed E-state index contributed by atoms with van der Waals surface area (Å²) in [6.45, 7) is 6.00. The fraction of sp³-hybridized carbons (Fsp3) is 0.517. The molecule has 0 aromatic heterocycles. The number of ketones is 1. The molecule has 6 nitrogen and oxygen atoms in total. The lowest BCUT2D eigenvalue weighted by Gasteiger charge is -2.32. The van der Waals surface area contributed by atoms with E-state index in [0.29, 0.717) is 37.8 Å². The second-order valence-electron chi connectivity index (χ2n) is 10.8. The highest BCUT2D eigenvalue weighted by Gasteiger charge is 2.39. The second-order valence-corrected chi connectivity index (χ2v) is 10.8. The third-order valence-corrected chi connectivity index (χ3v) is 6.84. The molecular formula is C29H35F2NO5. The van der Waals surface area contributed by atoms with Crippen molar-refractivity contribution >= 4 is 11.9 Å². The van der Waals surface area contributed by atoms with Crippen molar-refractivity contribution in [3.05, 3.63) is 65.2 Å². The average Bonchev–Trinajstić information content (AvgIpc) is 3.22. The first-order valence-electron chi connectivity index (χ1n) is 12.9. The summed E-state index contributed by atoms with van der Waals surface area (Å²) in [5.74, 6) is -1.33. The van der Waals surface area contributed by atoms with Gasteiger partial charge in [-0.25, -0.2) is 13.6 Å². The van der Waals surface area contributed by atoms with Crippen molar-refractivity contribution in [1.82, 2.24) is 4.90 Å². The standard InChI is InChI=1S/C29H35F2NO5/c1-29(2,3)37-28(34)32-14-13-26(33)25(32)18-35-22-11-9-20(10-12-22)23-15-21(30)16-24(31)27(23)36-17-19-7-5-4-6-8-19/h4-8,15-16,20,22,25H,9-14,17-18H2,1-3H3/t20-,22+,25?. The highest BCUT2D eigenvalue weighted by Crippen LogP contribution is 2.40. The van der Waals surface area contributed by atoms with Crippen molar-refractivity contribution in [3.63, 3.8) is 0 Å². The van der Waals surface area contributed by atoms with E-state index in [4.69, 9.17) is 14.2 Å². The van der Waals surface area contributed by atoms with E-state index < -0.39 is 29.4 Å². The van der Waals surface area contributed by atoms with Gasteiger partial charge in [0.1, 0.15) is 24.1 Å². The average molecular weight is 516 g/mol. The van der Waals surface area contributed by atoms with Gasteiger partial charge in [-0.05, 0) is 64.0 Å². The summed E-state index contributed by atoms with van der Waals surface area (Å²) in [7, 11) is 0. The summed E-state index contributed by atoms with van der Waals surface area (Å²) in [5.41, 5.74) is 0.789. The van der Waals surface area contributed by atoms with Gasteiger partial charge in [-0.2, -0.15) is 0 Å². The maximum absolute atomic E-state index is 14.7. The normalized spacial score (nSPS) is 22.2. The number of amides is 1. The van der Waals surface area contributed by atoms with Gasteiger partial charge >= 0.3 is 6.09 Å². The minimum absolute atomic E-state index is 0.0324. The molecule has 0 radical (unpaired) electrons. The first-order valence-corrected chi connectivity index (χ1v) is 12.9. The van der Waals surface area contributed by atoms with E-state index in [9.17, 15) is 18.4 Å². The molecule has 4 rings (SSSR count). The number of hydrogen-bond acceptors (Lipinski definition) is 5. The molecule has 1 unspecified atom stereocenters. The fourth-order valence-corrected chi connectivity index (χ4v) is 4.98. The molecule has 1 heterocycles. The Bertz CT molecular complexity index is 1090. The van der Waals surface area contributed by atoms with E-state index in [1.54, 1.807) is 20.8 Å². The van der Waals surface area contributed by atoms with Gasteiger partial charge in [0.05, 0.1) is 12.7 Å². The quantitative estimate of drug-likeness (QED) is 0.442. The van der Waals surface area contributed by atoms with Crippen molar-refractivity contribution < 1.29 is 32.6 Å². The Morgan fingerprint density at radius 2 is 1.76 bits per heavy atom. The zero-order valence-corrected chi connectivity index (χ0v) is 21.7. The van der Waals surface area contributed by atoms with Crippen LogP contribution in [0.3, 0.4) is 0 Å². The molecule has 8 heteroatoms.